The number of amides is 1. The van der Waals surface area contributed by atoms with E-state index in [9.17, 15) is 4.79 Å². The summed E-state index contributed by atoms with van der Waals surface area (Å²) in [4.78, 5) is 14.7. The van der Waals surface area contributed by atoms with Crippen molar-refractivity contribution >= 4 is 29.1 Å². The molecule has 7 nitrogen and oxygen atoms in total. The molecule has 1 unspecified atom stereocenters. The van der Waals surface area contributed by atoms with Crippen LogP contribution in [0.25, 0.3) is 22.4 Å². The van der Waals surface area contributed by atoms with Crippen LogP contribution in [-0.4, -0.2) is 39.7 Å². The Bertz CT molecular complexity index is 1210. The van der Waals surface area contributed by atoms with E-state index in [0.717, 1.165) is 28.0 Å². The molecule has 4 rings (SSSR count). The molecule has 4 aromatic rings. The number of nitrogens with one attached hydrogen (secondary N) is 1. The number of para-hydroxylation sites is 1. The largest absolute Gasteiger partial charge is 0.497 e. The number of aromatic nitrogens is 3. The molecule has 154 valence electrons. The first kappa shape index (κ1) is 19.9. The summed E-state index contributed by atoms with van der Waals surface area (Å²) in [5.74, 6) is 1.98. The van der Waals surface area contributed by atoms with Gasteiger partial charge in [-0.05, 0) is 55.5 Å². The van der Waals surface area contributed by atoms with Gasteiger partial charge in [-0.25, -0.2) is 0 Å². The summed E-state index contributed by atoms with van der Waals surface area (Å²) in [7, 11) is 3.37. The number of likely N-dealkylation sites (N-methyl/N-ethyl adjacent to an activating group) is 1. The lowest BCUT2D eigenvalue weighted by Crippen LogP contribution is -2.32. The highest BCUT2D eigenvalue weighted by Crippen LogP contribution is 2.27. The molecule has 0 bridgehead atoms. The number of carbonyl (C=O) groups excluding carboxylic acids is 1. The Balaban J connectivity index is 1.55. The average molecular weight is 423 g/mol. The molecule has 0 aliphatic rings. The molecule has 8 heteroatoms. The second-order valence-corrected chi connectivity index (χ2v) is 7.42. The molecule has 1 N–H and O–H groups in total. The first-order chi connectivity index (χ1) is 14.5. The molecule has 0 spiro atoms. The van der Waals surface area contributed by atoms with E-state index < -0.39 is 0 Å². The first-order valence-electron chi connectivity index (χ1n) is 9.51. The molecule has 0 aliphatic heterocycles. The van der Waals surface area contributed by atoms with Crippen LogP contribution in [0.15, 0.2) is 59.0 Å². The highest BCUT2D eigenvalue weighted by Gasteiger charge is 2.22. The fraction of sp³-hybridized carbons (Fsp3) is 0.227. The molecule has 1 amide bonds. The van der Waals surface area contributed by atoms with Crippen LogP contribution in [0.2, 0.25) is 0 Å². The predicted octanol–water partition coefficient (Wildman–Crippen LogP) is 4.58. The molecular formula is C22H22N4O3S. The van der Waals surface area contributed by atoms with E-state index in [1.54, 1.807) is 23.6 Å². The van der Waals surface area contributed by atoms with Crippen molar-refractivity contribution < 1.29 is 13.9 Å². The summed E-state index contributed by atoms with van der Waals surface area (Å²) in [6.45, 7) is 2.01. The van der Waals surface area contributed by atoms with Crippen LogP contribution in [0, 0.1) is 4.77 Å². The minimum Gasteiger partial charge on any atom is -0.497 e. The number of furan rings is 1. The number of methoxy groups -OCH3 is 1. The molecule has 0 aliphatic carbocycles. The van der Waals surface area contributed by atoms with Crippen LogP contribution < -0.4 is 4.74 Å². The quantitative estimate of drug-likeness (QED) is 0.460. The zero-order valence-electron chi connectivity index (χ0n) is 17.0. The maximum atomic E-state index is 13.0. The number of hydrogen-bond acceptors (Lipinski definition) is 5. The van der Waals surface area contributed by atoms with Crippen LogP contribution in [0.1, 0.15) is 18.7 Å². The number of carbonyl (C=O) groups is 1. The molecule has 2 heterocycles. The fourth-order valence-electron chi connectivity index (χ4n) is 3.29. The lowest BCUT2D eigenvalue weighted by Gasteiger charge is -2.23. The van der Waals surface area contributed by atoms with Gasteiger partial charge in [0.2, 0.25) is 5.91 Å². The topological polar surface area (TPSA) is 76.3 Å². The van der Waals surface area contributed by atoms with E-state index in [4.69, 9.17) is 21.4 Å². The standard InChI is InChI=1S/C22H22N4O3S/c1-14(19-12-16-6-4-5-7-18(16)29-19)25(2)20(27)13-26-21(23-24-22(26)30)15-8-10-17(28-3)11-9-15/h4-12,14H,13H2,1-3H3,(H,24,30). The highest BCUT2D eigenvalue weighted by molar-refractivity contribution is 7.71. The smallest absolute Gasteiger partial charge is 0.243 e. The Morgan fingerprint density at radius 1 is 1.27 bits per heavy atom. The van der Waals surface area contributed by atoms with Crippen LogP contribution in [0.5, 0.6) is 5.75 Å². The number of H-pyrrole nitrogens is 1. The van der Waals surface area contributed by atoms with Crippen molar-refractivity contribution in [3.8, 4) is 17.1 Å². The molecule has 0 fully saturated rings. The van der Waals surface area contributed by atoms with E-state index in [2.05, 4.69) is 10.2 Å². The monoisotopic (exact) mass is 422 g/mol. The minimum atomic E-state index is -0.226. The summed E-state index contributed by atoms with van der Waals surface area (Å²) in [6, 6.07) is 17.0. The average Bonchev–Trinajstić information content (AvgIpc) is 3.36. The molecule has 30 heavy (non-hydrogen) atoms. The van der Waals surface area contributed by atoms with Crippen LogP contribution in [0.3, 0.4) is 0 Å². The van der Waals surface area contributed by atoms with Gasteiger partial charge in [0.15, 0.2) is 10.6 Å². The van der Waals surface area contributed by atoms with Gasteiger partial charge in [0.25, 0.3) is 0 Å². The number of aromatic amines is 1. The molecule has 0 saturated heterocycles. The van der Waals surface area contributed by atoms with Gasteiger partial charge >= 0.3 is 0 Å². The van der Waals surface area contributed by atoms with E-state index in [0.29, 0.717) is 10.6 Å². The normalized spacial score (nSPS) is 12.1. The summed E-state index contributed by atoms with van der Waals surface area (Å²) in [5, 5.41) is 8.10. The Morgan fingerprint density at radius 3 is 2.70 bits per heavy atom. The maximum Gasteiger partial charge on any atom is 0.243 e. The van der Waals surface area contributed by atoms with E-state index in [1.807, 2.05) is 61.5 Å². The molecule has 2 aromatic carbocycles. The predicted molar refractivity (Wildman–Crippen MR) is 117 cm³/mol. The second kappa shape index (κ2) is 8.16. The van der Waals surface area contributed by atoms with Gasteiger partial charge in [0, 0.05) is 18.0 Å². The van der Waals surface area contributed by atoms with Gasteiger partial charge in [0.1, 0.15) is 23.6 Å². The van der Waals surface area contributed by atoms with E-state index in [1.165, 1.54) is 0 Å². The highest BCUT2D eigenvalue weighted by atomic mass is 32.1. The van der Waals surface area contributed by atoms with Gasteiger partial charge in [0.05, 0.1) is 13.2 Å². The fourth-order valence-corrected chi connectivity index (χ4v) is 3.48. The SMILES string of the molecule is COc1ccc(-c2n[nH]c(=S)n2CC(=O)N(C)C(C)c2cc3ccccc3o2)cc1. The number of benzene rings is 2. The van der Waals surface area contributed by atoms with Gasteiger partial charge in [-0.15, -0.1) is 0 Å². The van der Waals surface area contributed by atoms with Crippen molar-refractivity contribution in [2.75, 3.05) is 14.2 Å². The number of fused-ring (bicyclic) bond motifs is 1. The minimum absolute atomic E-state index is 0.0672. The molecule has 0 radical (unpaired) electrons. The first-order valence-corrected chi connectivity index (χ1v) is 9.92. The van der Waals surface area contributed by atoms with Gasteiger partial charge < -0.3 is 14.1 Å². The number of ether oxygens (including phenoxy) is 1. The Hall–Kier alpha value is -3.39. The van der Waals surface area contributed by atoms with E-state index >= 15 is 0 Å². The number of rotatable bonds is 6. The number of hydrogen-bond donors (Lipinski definition) is 1. The van der Waals surface area contributed by atoms with E-state index in [-0.39, 0.29) is 18.5 Å². The van der Waals surface area contributed by atoms with Crippen molar-refractivity contribution in [1.29, 1.82) is 0 Å². The van der Waals surface area contributed by atoms with Crippen LogP contribution in [-0.2, 0) is 11.3 Å². The summed E-state index contributed by atoms with van der Waals surface area (Å²) in [6.07, 6.45) is 0. The lowest BCUT2D eigenvalue weighted by atomic mass is 10.2. The maximum absolute atomic E-state index is 13.0. The van der Waals surface area contributed by atoms with Crippen molar-refractivity contribution in [1.82, 2.24) is 19.7 Å². The van der Waals surface area contributed by atoms with Gasteiger partial charge in [-0.1, -0.05) is 18.2 Å². The summed E-state index contributed by atoms with van der Waals surface area (Å²) < 4.78 is 13.2. The summed E-state index contributed by atoms with van der Waals surface area (Å²) >= 11 is 5.36. The third-order valence-electron chi connectivity index (χ3n) is 5.23. The Labute approximate surface area is 178 Å². The molecular weight excluding hydrogens is 400 g/mol. The number of nitrogens with zero attached hydrogens (tertiary/aromatic N) is 3. The Kier molecular flexibility index (Phi) is 5.41. The van der Waals surface area contributed by atoms with Crippen LogP contribution in [0.4, 0.5) is 0 Å². The van der Waals surface area contributed by atoms with Gasteiger partial charge in [-0.3, -0.25) is 14.5 Å². The van der Waals surface area contributed by atoms with Crippen molar-refractivity contribution in [2.45, 2.75) is 19.5 Å². The zero-order valence-corrected chi connectivity index (χ0v) is 17.8. The second-order valence-electron chi connectivity index (χ2n) is 7.03. The van der Waals surface area contributed by atoms with Crippen molar-refractivity contribution in [2.24, 2.45) is 0 Å². The lowest BCUT2D eigenvalue weighted by molar-refractivity contribution is -0.132. The zero-order chi connectivity index (χ0) is 21.3. The third kappa shape index (κ3) is 3.73. The third-order valence-corrected chi connectivity index (χ3v) is 5.54. The van der Waals surface area contributed by atoms with Crippen molar-refractivity contribution in [3.05, 3.63) is 65.1 Å². The molecule has 1 atom stereocenters. The molecule has 0 saturated carbocycles. The summed E-state index contributed by atoms with van der Waals surface area (Å²) in [5.41, 5.74) is 1.64. The Morgan fingerprint density at radius 2 is 2.00 bits per heavy atom. The molecule has 2 aromatic heterocycles. The van der Waals surface area contributed by atoms with Gasteiger partial charge in [-0.2, -0.15) is 5.10 Å². The van der Waals surface area contributed by atoms with Crippen LogP contribution >= 0.6 is 12.2 Å². The van der Waals surface area contributed by atoms with Crippen molar-refractivity contribution in [3.63, 3.8) is 0 Å².